The van der Waals surface area contributed by atoms with Gasteiger partial charge < -0.3 is 10.8 Å². The number of hydrogen-bond donors (Lipinski definition) is 2. The van der Waals surface area contributed by atoms with Gasteiger partial charge in [0.15, 0.2) is 0 Å². The third-order valence-corrected chi connectivity index (χ3v) is 2.42. The molecule has 0 aromatic rings. The van der Waals surface area contributed by atoms with Crippen LogP contribution in [0.5, 0.6) is 0 Å². The quantitative estimate of drug-likeness (QED) is 0.655. The van der Waals surface area contributed by atoms with Gasteiger partial charge in [0.25, 0.3) is 0 Å². The van der Waals surface area contributed by atoms with Crippen molar-refractivity contribution in [2.45, 2.75) is 46.0 Å². The maximum absolute atomic E-state index is 11.1. The summed E-state index contributed by atoms with van der Waals surface area (Å²) in [7, 11) is 0. The van der Waals surface area contributed by atoms with Crippen LogP contribution in [0.1, 0.15) is 46.0 Å². The zero-order valence-corrected chi connectivity index (χ0v) is 8.88. The zero-order chi connectivity index (χ0) is 11.2. The van der Waals surface area contributed by atoms with Gasteiger partial charge in [-0.05, 0) is 12.8 Å². The van der Waals surface area contributed by atoms with Crippen LogP contribution in [0.4, 0.5) is 0 Å². The average Bonchev–Trinajstić information content (AvgIpc) is 2.03. The number of carbonyl (C=O) groups is 2. The summed E-state index contributed by atoms with van der Waals surface area (Å²) >= 11 is 0. The van der Waals surface area contributed by atoms with Crippen LogP contribution >= 0.6 is 0 Å². The van der Waals surface area contributed by atoms with Crippen LogP contribution in [0.2, 0.25) is 0 Å². The van der Waals surface area contributed by atoms with E-state index in [2.05, 4.69) is 0 Å². The fraction of sp³-hybridized carbons (Fsp3) is 0.800. The maximum atomic E-state index is 11.1. The Balaban J connectivity index is 4.73. The number of primary amides is 1. The van der Waals surface area contributed by atoms with Gasteiger partial charge in [-0.15, -0.1) is 0 Å². The fourth-order valence-electron chi connectivity index (χ4n) is 1.88. The molecule has 0 aliphatic carbocycles. The van der Waals surface area contributed by atoms with E-state index >= 15 is 0 Å². The molecule has 0 heterocycles. The molecule has 0 aliphatic rings. The van der Waals surface area contributed by atoms with Crippen molar-refractivity contribution in [2.75, 3.05) is 0 Å². The monoisotopic (exact) mass is 201 g/mol. The second-order valence-corrected chi connectivity index (χ2v) is 3.73. The molecule has 1 amide bonds. The van der Waals surface area contributed by atoms with Crippen LogP contribution in [-0.4, -0.2) is 17.0 Å². The number of nitrogens with two attached hydrogens (primary N) is 1. The van der Waals surface area contributed by atoms with Crippen molar-refractivity contribution in [2.24, 2.45) is 11.1 Å². The summed E-state index contributed by atoms with van der Waals surface area (Å²) in [6.45, 7) is 3.82. The van der Waals surface area contributed by atoms with E-state index in [0.29, 0.717) is 12.8 Å². The zero-order valence-electron chi connectivity index (χ0n) is 8.88. The van der Waals surface area contributed by atoms with E-state index in [0.717, 1.165) is 12.8 Å². The predicted octanol–water partition coefficient (Wildman–Crippen LogP) is 1.53. The lowest BCUT2D eigenvalue weighted by molar-refractivity contribution is -0.152. The molecule has 0 aliphatic heterocycles. The molecule has 0 radical (unpaired) electrons. The lowest BCUT2D eigenvalue weighted by Gasteiger charge is -2.27. The van der Waals surface area contributed by atoms with Crippen molar-refractivity contribution in [1.82, 2.24) is 0 Å². The van der Waals surface area contributed by atoms with Crippen molar-refractivity contribution < 1.29 is 14.7 Å². The summed E-state index contributed by atoms with van der Waals surface area (Å²) in [5.74, 6) is -1.44. The molecular formula is C10H19NO3. The SMILES string of the molecule is CCCC(CCC)(CC(N)=O)C(=O)O. The molecule has 82 valence electrons. The molecule has 0 rings (SSSR count). The normalized spacial score (nSPS) is 11.3. The van der Waals surface area contributed by atoms with E-state index in [1.807, 2.05) is 13.8 Å². The molecule has 14 heavy (non-hydrogen) atoms. The first-order valence-electron chi connectivity index (χ1n) is 5.00. The number of carboxylic acids is 1. The summed E-state index contributed by atoms with van der Waals surface area (Å²) < 4.78 is 0. The molecule has 3 N–H and O–H groups in total. The molecule has 0 fully saturated rings. The first kappa shape index (κ1) is 12.9. The van der Waals surface area contributed by atoms with Crippen LogP contribution in [-0.2, 0) is 9.59 Å². The Hall–Kier alpha value is -1.06. The number of rotatable bonds is 7. The smallest absolute Gasteiger partial charge is 0.310 e. The van der Waals surface area contributed by atoms with Gasteiger partial charge in [0.05, 0.1) is 5.41 Å². The Morgan fingerprint density at radius 1 is 1.21 bits per heavy atom. The Kier molecular flexibility index (Phi) is 5.20. The Bertz CT molecular complexity index is 207. The van der Waals surface area contributed by atoms with E-state index in [1.54, 1.807) is 0 Å². The van der Waals surface area contributed by atoms with Crippen molar-refractivity contribution in [3.05, 3.63) is 0 Å². The summed E-state index contributed by atoms with van der Waals surface area (Å²) in [5.41, 5.74) is 4.14. The Morgan fingerprint density at radius 2 is 1.64 bits per heavy atom. The lowest BCUT2D eigenvalue weighted by atomic mass is 9.76. The van der Waals surface area contributed by atoms with E-state index in [4.69, 9.17) is 10.8 Å². The van der Waals surface area contributed by atoms with E-state index in [1.165, 1.54) is 0 Å². The second-order valence-electron chi connectivity index (χ2n) is 3.73. The number of carbonyl (C=O) groups excluding carboxylic acids is 1. The van der Waals surface area contributed by atoms with Crippen molar-refractivity contribution >= 4 is 11.9 Å². The first-order valence-corrected chi connectivity index (χ1v) is 5.00. The number of amides is 1. The largest absolute Gasteiger partial charge is 0.481 e. The topological polar surface area (TPSA) is 80.4 Å². The fourth-order valence-corrected chi connectivity index (χ4v) is 1.88. The van der Waals surface area contributed by atoms with Gasteiger partial charge in [-0.3, -0.25) is 9.59 Å². The molecular weight excluding hydrogens is 182 g/mol. The second kappa shape index (κ2) is 5.62. The predicted molar refractivity (Wildman–Crippen MR) is 53.7 cm³/mol. The van der Waals surface area contributed by atoms with Gasteiger partial charge in [0, 0.05) is 6.42 Å². The highest BCUT2D eigenvalue weighted by atomic mass is 16.4. The minimum atomic E-state index is -0.935. The Morgan fingerprint density at radius 3 is 1.86 bits per heavy atom. The number of aliphatic carboxylic acids is 1. The summed E-state index contributed by atoms with van der Waals surface area (Å²) in [6, 6.07) is 0. The number of carboxylic acid groups (broad SMARTS) is 1. The van der Waals surface area contributed by atoms with E-state index < -0.39 is 17.3 Å². The average molecular weight is 201 g/mol. The molecule has 0 unspecified atom stereocenters. The molecule has 0 aromatic heterocycles. The van der Waals surface area contributed by atoms with Crippen LogP contribution < -0.4 is 5.73 Å². The number of hydrogen-bond acceptors (Lipinski definition) is 2. The molecule has 4 heteroatoms. The summed E-state index contributed by atoms with van der Waals surface area (Å²) in [4.78, 5) is 22.0. The molecule has 0 aromatic carbocycles. The molecule has 4 nitrogen and oxygen atoms in total. The van der Waals surface area contributed by atoms with Crippen LogP contribution in [0, 0.1) is 5.41 Å². The van der Waals surface area contributed by atoms with Crippen LogP contribution in [0.25, 0.3) is 0 Å². The van der Waals surface area contributed by atoms with Gasteiger partial charge in [0.2, 0.25) is 5.91 Å². The summed E-state index contributed by atoms with van der Waals surface area (Å²) in [5, 5.41) is 9.13. The summed E-state index contributed by atoms with van der Waals surface area (Å²) in [6.07, 6.45) is 2.47. The third kappa shape index (κ3) is 3.36. The van der Waals surface area contributed by atoms with Gasteiger partial charge in [-0.25, -0.2) is 0 Å². The van der Waals surface area contributed by atoms with Crippen molar-refractivity contribution in [3.63, 3.8) is 0 Å². The first-order chi connectivity index (χ1) is 6.48. The third-order valence-electron chi connectivity index (χ3n) is 2.42. The minimum absolute atomic E-state index is 0.0516. The van der Waals surface area contributed by atoms with E-state index in [-0.39, 0.29) is 6.42 Å². The Labute approximate surface area is 84.5 Å². The van der Waals surface area contributed by atoms with Crippen molar-refractivity contribution in [1.29, 1.82) is 0 Å². The minimum Gasteiger partial charge on any atom is -0.481 e. The van der Waals surface area contributed by atoms with Gasteiger partial charge in [0.1, 0.15) is 0 Å². The van der Waals surface area contributed by atoms with Crippen LogP contribution in [0.15, 0.2) is 0 Å². The van der Waals surface area contributed by atoms with Gasteiger partial charge >= 0.3 is 5.97 Å². The van der Waals surface area contributed by atoms with Gasteiger partial charge in [-0.2, -0.15) is 0 Å². The highest BCUT2D eigenvalue weighted by Crippen LogP contribution is 2.33. The molecule has 0 saturated heterocycles. The molecule has 0 spiro atoms. The highest BCUT2D eigenvalue weighted by molar-refractivity contribution is 5.83. The lowest BCUT2D eigenvalue weighted by Crippen LogP contribution is -2.35. The van der Waals surface area contributed by atoms with Crippen molar-refractivity contribution in [3.8, 4) is 0 Å². The highest BCUT2D eigenvalue weighted by Gasteiger charge is 2.38. The molecule has 0 atom stereocenters. The molecule has 0 saturated carbocycles. The maximum Gasteiger partial charge on any atom is 0.310 e. The molecule has 0 bridgehead atoms. The standard InChI is InChI=1S/C10H19NO3/c1-3-5-10(6-4-2,9(13)14)7-8(11)12/h3-7H2,1-2H3,(H2,11,12)(H,13,14). The van der Waals surface area contributed by atoms with Gasteiger partial charge in [-0.1, -0.05) is 26.7 Å². The van der Waals surface area contributed by atoms with E-state index in [9.17, 15) is 9.59 Å². The van der Waals surface area contributed by atoms with Crippen LogP contribution in [0.3, 0.4) is 0 Å².